The molecule has 0 fully saturated rings. The highest BCUT2D eigenvalue weighted by Gasteiger charge is 2.35. The van der Waals surface area contributed by atoms with Crippen LogP contribution in [0.4, 0.5) is 14.9 Å². The number of nitrogens with zero attached hydrogens (tertiary/aromatic N) is 3. The summed E-state index contributed by atoms with van der Waals surface area (Å²) in [5.41, 5.74) is 0.248. The molecule has 37 heavy (non-hydrogen) atoms. The van der Waals surface area contributed by atoms with Gasteiger partial charge in [0.05, 0.1) is 29.2 Å². The van der Waals surface area contributed by atoms with Gasteiger partial charge in [0.15, 0.2) is 0 Å². The molecule has 0 aliphatic carbocycles. The summed E-state index contributed by atoms with van der Waals surface area (Å²) in [7, 11) is 0. The summed E-state index contributed by atoms with van der Waals surface area (Å²) in [6.45, 7) is 4.79. The Balaban J connectivity index is 1.87. The van der Waals surface area contributed by atoms with E-state index in [0.29, 0.717) is 11.3 Å². The summed E-state index contributed by atoms with van der Waals surface area (Å²) in [5, 5.41) is 12.1. The van der Waals surface area contributed by atoms with Gasteiger partial charge in [-0.05, 0) is 51.1 Å². The average molecular weight is 505 g/mol. The number of halogens is 1. The summed E-state index contributed by atoms with van der Waals surface area (Å²) < 4.78 is 20.3. The lowest BCUT2D eigenvalue weighted by Gasteiger charge is -2.26. The van der Waals surface area contributed by atoms with Gasteiger partial charge in [0.25, 0.3) is 5.91 Å². The van der Waals surface area contributed by atoms with E-state index in [1.165, 1.54) is 41.4 Å². The number of carbonyl (C=O) groups excluding carboxylic acids is 2. The van der Waals surface area contributed by atoms with Crippen LogP contribution >= 0.6 is 0 Å². The molecule has 0 spiro atoms. The standard InChI is InChI=1S/C27H25FN4O5/c1-27(2,3)37-26(36)31-23-24(33)32(15-20-17(25(34)35)11-8-14-29-20)21-13-7-5-10-18(21)22(30-23)16-9-4-6-12-19(16)28/h4-14,23H,15H2,1-3H3,(H,31,36)(H,34,35). The van der Waals surface area contributed by atoms with Crippen LogP contribution in [0.15, 0.2) is 71.9 Å². The quantitative estimate of drug-likeness (QED) is 0.538. The number of anilines is 1. The number of hydrogen-bond donors (Lipinski definition) is 2. The van der Waals surface area contributed by atoms with E-state index in [4.69, 9.17) is 4.74 Å². The van der Waals surface area contributed by atoms with Gasteiger partial charge in [0.2, 0.25) is 6.17 Å². The van der Waals surface area contributed by atoms with Crippen LogP contribution < -0.4 is 10.2 Å². The smallest absolute Gasteiger partial charge is 0.409 e. The van der Waals surface area contributed by atoms with Gasteiger partial charge >= 0.3 is 12.1 Å². The molecule has 2 N–H and O–H groups in total. The zero-order chi connectivity index (χ0) is 26.7. The summed E-state index contributed by atoms with van der Waals surface area (Å²) in [5.74, 6) is -2.44. The summed E-state index contributed by atoms with van der Waals surface area (Å²) >= 11 is 0. The normalized spacial score (nSPS) is 15.4. The lowest BCUT2D eigenvalue weighted by atomic mass is 9.99. The van der Waals surface area contributed by atoms with Crippen molar-refractivity contribution in [2.75, 3.05) is 4.90 Å². The molecule has 1 unspecified atom stereocenters. The number of benzodiazepines with no additional fused rings is 1. The summed E-state index contributed by atoms with van der Waals surface area (Å²) in [6.07, 6.45) is -0.959. The van der Waals surface area contributed by atoms with Crippen LogP contribution in [0.1, 0.15) is 48.0 Å². The third kappa shape index (κ3) is 5.64. The van der Waals surface area contributed by atoms with E-state index in [1.807, 2.05) is 0 Å². The third-order valence-corrected chi connectivity index (χ3v) is 5.42. The summed E-state index contributed by atoms with van der Waals surface area (Å²) in [6, 6.07) is 15.6. The molecule has 4 rings (SSSR count). The summed E-state index contributed by atoms with van der Waals surface area (Å²) in [4.78, 5) is 48.2. The number of rotatable bonds is 5. The first-order chi connectivity index (χ1) is 17.5. The number of aromatic carboxylic acids is 1. The SMILES string of the molecule is CC(C)(C)OC(=O)NC1N=C(c2ccccc2F)c2ccccc2N(Cc2ncccc2C(=O)O)C1=O. The number of carboxylic acids is 1. The van der Waals surface area contributed by atoms with Crippen LogP contribution in [0.2, 0.25) is 0 Å². The number of alkyl carbamates (subject to hydrolysis) is 1. The molecule has 9 nitrogen and oxygen atoms in total. The zero-order valence-corrected chi connectivity index (χ0v) is 20.4. The highest BCUT2D eigenvalue weighted by atomic mass is 19.1. The zero-order valence-electron chi connectivity index (χ0n) is 20.4. The van der Waals surface area contributed by atoms with E-state index in [1.54, 1.807) is 51.1 Å². The van der Waals surface area contributed by atoms with Crippen molar-refractivity contribution in [1.29, 1.82) is 0 Å². The molecule has 0 saturated heterocycles. The maximum atomic E-state index is 14.9. The number of fused-ring (bicyclic) bond motifs is 1. The van der Waals surface area contributed by atoms with Crippen LogP contribution in [-0.2, 0) is 16.1 Å². The highest BCUT2D eigenvalue weighted by Crippen LogP contribution is 2.30. The second-order valence-electron chi connectivity index (χ2n) is 9.25. The molecule has 1 atom stereocenters. The first-order valence-corrected chi connectivity index (χ1v) is 11.5. The molecular formula is C27H25FN4O5. The number of pyridine rings is 1. The van der Waals surface area contributed by atoms with Crippen molar-refractivity contribution in [2.24, 2.45) is 4.99 Å². The Morgan fingerprint density at radius 2 is 1.73 bits per heavy atom. The molecule has 1 aliphatic heterocycles. The topological polar surface area (TPSA) is 121 Å². The van der Waals surface area contributed by atoms with Gasteiger partial charge in [-0.3, -0.25) is 15.1 Å². The Hall–Kier alpha value is -4.60. The van der Waals surface area contributed by atoms with E-state index >= 15 is 0 Å². The fourth-order valence-corrected chi connectivity index (χ4v) is 3.88. The van der Waals surface area contributed by atoms with Crippen molar-refractivity contribution in [3.05, 3.63) is 95.1 Å². The number of aromatic nitrogens is 1. The number of para-hydroxylation sites is 1. The van der Waals surface area contributed by atoms with Crippen LogP contribution in [0.25, 0.3) is 0 Å². The highest BCUT2D eigenvalue weighted by molar-refractivity contribution is 6.20. The van der Waals surface area contributed by atoms with Crippen molar-refractivity contribution in [2.45, 2.75) is 39.1 Å². The van der Waals surface area contributed by atoms with Crippen molar-refractivity contribution < 1.29 is 28.6 Å². The second kappa shape index (κ2) is 10.2. The molecule has 3 aromatic rings. The van der Waals surface area contributed by atoms with E-state index in [9.17, 15) is 23.9 Å². The number of ether oxygens (including phenoxy) is 1. The number of carbonyl (C=O) groups is 3. The molecule has 190 valence electrons. The van der Waals surface area contributed by atoms with Gasteiger partial charge < -0.3 is 14.7 Å². The minimum atomic E-state index is -1.49. The molecule has 1 aliphatic rings. The monoisotopic (exact) mass is 504 g/mol. The molecule has 0 saturated carbocycles. The Morgan fingerprint density at radius 1 is 1.05 bits per heavy atom. The molecule has 2 amide bonds. The van der Waals surface area contributed by atoms with E-state index < -0.39 is 35.6 Å². The van der Waals surface area contributed by atoms with Gasteiger partial charge in [0, 0.05) is 17.3 Å². The Kier molecular flexibility index (Phi) is 7.01. The number of aliphatic imine (C=N–C) groups is 1. The van der Waals surface area contributed by atoms with Crippen LogP contribution in [0, 0.1) is 5.82 Å². The van der Waals surface area contributed by atoms with Crippen molar-refractivity contribution in [3.8, 4) is 0 Å². The number of hydrogen-bond acceptors (Lipinski definition) is 6. The van der Waals surface area contributed by atoms with Crippen molar-refractivity contribution in [3.63, 3.8) is 0 Å². The Morgan fingerprint density at radius 3 is 2.41 bits per heavy atom. The minimum absolute atomic E-state index is 0.0797. The minimum Gasteiger partial charge on any atom is -0.478 e. The van der Waals surface area contributed by atoms with Gasteiger partial charge in [-0.25, -0.2) is 19.0 Å². The lowest BCUT2D eigenvalue weighted by molar-refractivity contribution is -0.120. The molecule has 1 aromatic heterocycles. The number of amides is 2. The fraction of sp³-hybridized carbons (Fsp3) is 0.222. The number of nitrogens with one attached hydrogen (secondary N) is 1. The Bertz CT molecular complexity index is 1400. The third-order valence-electron chi connectivity index (χ3n) is 5.42. The molecule has 10 heteroatoms. The van der Waals surface area contributed by atoms with Gasteiger partial charge in [-0.15, -0.1) is 0 Å². The average Bonchev–Trinajstić information content (AvgIpc) is 2.94. The fourth-order valence-electron chi connectivity index (χ4n) is 3.88. The van der Waals surface area contributed by atoms with Crippen molar-refractivity contribution in [1.82, 2.24) is 10.3 Å². The molecular weight excluding hydrogens is 479 g/mol. The predicted molar refractivity (Wildman–Crippen MR) is 134 cm³/mol. The number of carboxylic acid groups (broad SMARTS) is 1. The second-order valence-corrected chi connectivity index (χ2v) is 9.25. The van der Waals surface area contributed by atoms with Crippen molar-refractivity contribution >= 4 is 29.4 Å². The molecule has 0 radical (unpaired) electrons. The number of benzene rings is 2. The van der Waals surface area contributed by atoms with Gasteiger partial charge in [-0.2, -0.15) is 0 Å². The predicted octanol–water partition coefficient (Wildman–Crippen LogP) is 4.15. The van der Waals surface area contributed by atoms with Gasteiger partial charge in [0.1, 0.15) is 11.4 Å². The first kappa shape index (κ1) is 25.5. The maximum absolute atomic E-state index is 14.9. The molecule has 2 aromatic carbocycles. The van der Waals surface area contributed by atoms with Gasteiger partial charge in [-0.1, -0.05) is 30.3 Å². The van der Waals surface area contributed by atoms with E-state index in [-0.39, 0.29) is 29.1 Å². The van der Waals surface area contributed by atoms with Crippen LogP contribution in [0.5, 0.6) is 0 Å². The van der Waals surface area contributed by atoms with E-state index in [2.05, 4.69) is 15.3 Å². The Labute approximate surface area is 212 Å². The lowest BCUT2D eigenvalue weighted by Crippen LogP contribution is -2.48. The van der Waals surface area contributed by atoms with Crippen LogP contribution in [-0.4, -0.2) is 45.5 Å². The van der Waals surface area contributed by atoms with Crippen LogP contribution in [0.3, 0.4) is 0 Å². The largest absolute Gasteiger partial charge is 0.478 e. The van der Waals surface area contributed by atoms with E-state index in [0.717, 1.165) is 0 Å². The first-order valence-electron chi connectivity index (χ1n) is 11.5. The maximum Gasteiger partial charge on any atom is 0.409 e. The molecule has 0 bridgehead atoms. The molecule has 2 heterocycles.